The van der Waals surface area contributed by atoms with Crippen LogP contribution in [-0.2, 0) is 6.42 Å². The molecule has 1 aromatic rings. The van der Waals surface area contributed by atoms with E-state index >= 15 is 0 Å². The Morgan fingerprint density at radius 3 is 2.36 bits per heavy atom. The summed E-state index contributed by atoms with van der Waals surface area (Å²) in [7, 11) is 0. The van der Waals surface area contributed by atoms with Crippen LogP contribution in [0.15, 0.2) is 58.1 Å². The Morgan fingerprint density at radius 2 is 1.77 bits per heavy atom. The first-order chi connectivity index (χ1) is 10.5. The molecule has 0 saturated carbocycles. The van der Waals surface area contributed by atoms with Crippen LogP contribution in [-0.4, -0.2) is 6.61 Å². The molecule has 0 heterocycles. The van der Waals surface area contributed by atoms with Crippen molar-refractivity contribution in [3.63, 3.8) is 0 Å². The molecule has 0 aromatic heterocycles. The Labute approximate surface area is 144 Å². The monoisotopic (exact) mass is 338 g/mol. The topological polar surface area (TPSA) is 9.23 Å². The van der Waals surface area contributed by atoms with E-state index in [0.29, 0.717) is 11.1 Å². The van der Waals surface area contributed by atoms with Crippen molar-refractivity contribution in [1.29, 1.82) is 0 Å². The van der Waals surface area contributed by atoms with Crippen molar-refractivity contribution in [2.75, 3.05) is 6.61 Å². The first-order valence-corrected chi connectivity index (χ1v) is 8.33. The maximum Gasteiger partial charge on any atom is 0.119 e. The lowest BCUT2D eigenvalue weighted by molar-refractivity contribution is 0.361. The maximum atomic E-state index is 5.72. The van der Waals surface area contributed by atoms with E-state index in [-0.39, 0.29) is 0 Å². The molecule has 0 aliphatic rings. The fourth-order valence-electron chi connectivity index (χ4n) is 1.96. The summed E-state index contributed by atoms with van der Waals surface area (Å²) in [6.45, 7) is 6.87. The van der Waals surface area contributed by atoms with Gasteiger partial charge in [-0.15, -0.1) is 0 Å². The van der Waals surface area contributed by atoms with Crippen molar-refractivity contribution in [2.45, 2.75) is 40.0 Å². The van der Waals surface area contributed by atoms with Gasteiger partial charge in [0.1, 0.15) is 16.8 Å². The predicted molar refractivity (Wildman–Crippen MR) is 97.9 cm³/mol. The third-order valence-corrected chi connectivity index (χ3v) is 3.57. The van der Waals surface area contributed by atoms with Crippen LogP contribution in [0.5, 0.6) is 5.75 Å². The van der Waals surface area contributed by atoms with E-state index in [2.05, 4.69) is 38.1 Å². The largest absolute Gasteiger partial charge is 0.490 e. The Bertz CT molecular complexity index is 535. The van der Waals surface area contributed by atoms with E-state index in [9.17, 15) is 0 Å². The predicted octanol–water partition coefficient (Wildman–Crippen LogP) is 6.62. The van der Waals surface area contributed by atoms with Gasteiger partial charge in [0.05, 0.1) is 0 Å². The van der Waals surface area contributed by atoms with Gasteiger partial charge >= 0.3 is 0 Å². The van der Waals surface area contributed by atoms with Gasteiger partial charge in [-0.25, -0.2) is 0 Å². The van der Waals surface area contributed by atoms with Crippen LogP contribution in [0.1, 0.15) is 39.2 Å². The Balaban J connectivity index is 2.35. The molecule has 0 radical (unpaired) electrons. The summed E-state index contributed by atoms with van der Waals surface area (Å²) < 4.78 is 6.01. The molecule has 0 aliphatic carbocycles. The molecule has 1 rings (SSSR count). The number of halogens is 2. The summed E-state index contributed by atoms with van der Waals surface area (Å²) in [5, 5.41) is 0. The standard InChI is InChI=1S/C19H24Cl2O/c1-4-17-8-10-18(11-9-17)22-13-12-15(2)6-5-7-16(3)14-19(20)21/h7-12,14H,4-6,13H2,1-3H3. The fourth-order valence-corrected chi connectivity index (χ4v) is 2.31. The van der Waals surface area contributed by atoms with Crippen molar-refractivity contribution in [1.82, 2.24) is 0 Å². The second-order valence-electron chi connectivity index (χ2n) is 5.28. The molecule has 1 aromatic carbocycles. The van der Waals surface area contributed by atoms with E-state index in [1.165, 1.54) is 11.1 Å². The average Bonchev–Trinajstić information content (AvgIpc) is 2.47. The molecule has 0 unspecified atom stereocenters. The molecular weight excluding hydrogens is 315 g/mol. The highest BCUT2D eigenvalue weighted by atomic mass is 35.5. The van der Waals surface area contributed by atoms with Crippen molar-refractivity contribution in [3.05, 3.63) is 63.7 Å². The van der Waals surface area contributed by atoms with E-state index in [4.69, 9.17) is 27.9 Å². The lowest BCUT2D eigenvalue weighted by atomic mass is 10.1. The van der Waals surface area contributed by atoms with Gasteiger partial charge in [0, 0.05) is 0 Å². The lowest BCUT2D eigenvalue weighted by Gasteiger charge is -2.05. The molecule has 0 atom stereocenters. The number of rotatable bonds is 8. The quantitative estimate of drug-likeness (QED) is 0.382. The average molecular weight is 339 g/mol. The molecule has 0 spiro atoms. The summed E-state index contributed by atoms with van der Waals surface area (Å²) in [5.74, 6) is 0.916. The van der Waals surface area contributed by atoms with E-state index < -0.39 is 0 Å². The van der Waals surface area contributed by atoms with Crippen molar-refractivity contribution in [3.8, 4) is 5.75 Å². The van der Waals surface area contributed by atoms with E-state index in [1.807, 2.05) is 19.1 Å². The van der Waals surface area contributed by atoms with Crippen LogP contribution in [0.4, 0.5) is 0 Å². The number of aryl methyl sites for hydroxylation is 1. The van der Waals surface area contributed by atoms with Crippen LogP contribution < -0.4 is 4.74 Å². The Hall–Kier alpha value is -1.18. The summed E-state index contributed by atoms with van der Waals surface area (Å²) in [6.07, 6.45) is 9.04. The van der Waals surface area contributed by atoms with Gasteiger partial charge in [0.2, 0.25) is 0 Å². The molecule has 22 heavy (non-hydrogen) atoms. The molecule has 0 N–H and O–H groups in total. The smallest absolute Gasteiger partial charge is 0.119 e. The minimum absolute atomic E-state index is 0.295. The lowest BCUT2D eigenvalue weighted by Crippen LogP contribution is -1.95. The highest BCUT2D eigenvalue weighted by Gasteiger charge is 1.94. The highest BCUT2D eigenvalue weighted by molar-refractivity contribution is 6.56. The van der Waals surface area contributed by atoms with Crippen molar-refractivity contribution >= 4 is 23.2 Å². The molecule has 0 bridgehead atoms. The first kappa shape index (κ1) is 18.9. The van der Waals surface area contributed by atoms with Crippen molar-refractivity contribution in [2.24, 2.45) is 0 Å². The van der Waals surface area contributed by atoms with Gasteiger partial charge in [-0.3, -0.25) is 0 Å². The van der Waals surface area contributed by atoms with E-state index in [0.717, 1.165) is 30.6 Å². The van der Waals surface area contributed by atoms with Crippen LogP contribution >= 0.6 is 23.2 Å². The third kappa shape index (κ3) is 8.31. The van der Waals surface area contributed by atoms with Gasteiger partial charge in [0.25, 0.3) is 0 Å². The summed E-state index contributed by atoms with van der Waals surface area (Å²) in [4.78, 5) is 0. The minimum Gasteiger partial charge on any atom is -0.490 e. The van der Waals surface area contributed by atoms with Gasteiger partial charge in [-0.1, -0.05) is 59.5 Å². The minimum atomic E-state index is 0.295. The second kappa shape index (κ2) is 10.5. The maximum absolute atomic E-state index is 5.72. The number of hydrogen-bond acceptors (Lipinski definition) is 1. The Kier molecular flexibility index (Phi) is 9.03. The van der Waals surface area contributed by atoms with Gasteiger partial charge in [0.15, 0.2) is 0 Å². The molecule has 0 fully saturated rings. The molecule has 0 aliphatic heterocycles. The molecule has 1 nitrogen and oxygen atoms in total. The molecule has 3 heteroatoms. The summed E-state index contributed by atoms with van der Waals surface area (Å²) >= 11 is 11.2. The number of allylic oxidation sites excluding steroid dienone is 4. The summed E-state index contributed by atoms with van der Waals surface area (Å²) in [5.41, 5.74) is 3.72. The third-order valence-electron chi connectivity index (χ3n) is 3.36. The van der Waals surface area contributed by atoms with Crippen molar-refractivity contribution < 1.29 is 4.74 Å². The van der Waals surface area contributed by atoms with E-state index in [1.54, 1.807) is 6.08 Å². The molecule has 0 saturated heterocycles. The van der Waals surface area contributed by atoms with Crippen LogP contribution in [0.25, 0.3) is 0 Å². The number of hydrogen-bond donors (Lipinski definition) is 0. The van der Waals surface area contributed by atoms with Gasteiger partial charge in [-0.2, -0.15) is 0 Å². The van der Waals surface area contributed by atoms with Crippen LogP contribution in [0, 0.1) is 0 Å². The zero-order valence-corrected chi connectivity index (χ0v) is 15.0. The van der Waals surface area contributed by atoms with Crippen LogP contribution in [0.3, 0.4) is 0 Å². The zero-order chi connectivity index (χ0) is 16.4. The van der Waals surface area contributed by atoms with Gasteiger partial charge in [-0.05, 0) is 63.0 Å². The summed E-state index contributed by atoms with van der Waals surface area (Å²) in [6, 6.07) is 8.26. The second-order valence-corrected chi connectivity index (χ2v) is 6.29. The number of benzene rings is 1. The first-order valence-electron chi connectivity index (χ1n) is 7.58. The SMILES string of the molecule is CCc1ccc(OCC=C(C)CCC=C(C)C=C(Cl)Cl)cc1. The highest BCUT2D eigenvalue weighted by Crippen LogP contribution is 2.14. The Morgan fingerprint density at radius 1 is 1.09 bits per heavy atom. The normalized spacial score (nSPS) is 12.2. The van der Waals surface area contributed by atoms with Gasteiger partial charge < -0.3 is 4.74 Å². The number of ether oxygens (including phenoxy) is 1. The molecular formula is C19H24Cl2O. The van der Waals surface area contributed by atoms with Crippen LogP contribution in [0.2, 0.25) is 0 Å². The fraction of sp³-hybridized carbons (Fsp3) is 0.368. The molecule has 120 valence electrons. The zero-order valence-electron chi connectivity index (χ0n) is 13.5. The molecule has 0 amide bonds.